The lowest BCUT2D eigenvalue weighted by molar-refractivity contribution is 0.106. The largest absolute Gasteiger partial charge is 0.320 e. The molecule has 0 saturated heterocycles. The van der Waals surface area contributed by atoms with Gasteiger partial charge in [0.25, 0.3) is 11.7 Å². The molecule has 0 amide bonds. The highest BCUT2D eigenvalue weighted by atomic mass is 79.9. The first kappa shape index (κ1) is 11.3. The third kappa shape index (κ3) is 2.19. The number of pyridine rings is 1. The van der Waals surface area contributed by atoms with Gasteiger partial charge in [0.05, 0.1) is 11.3 Å². The van der Waals surface area contributed by atoms with E-state index in [1.54, 1.807) is 0 Å². The van der Waals surface area contributed by atoms with Gasteiger partial charge in [-0.1, -0.05) is 0 Å². The van der Waals surface area contributed by atoms with Crippen molar-refractivity contribution in [2.24, 2.45) is 0 Å². The number of carbonyl (C=O) groups is 1. The van der Waals surface area contributed by atoms with Gasteiger partial charge in [-0.15, -0.1) is 0 Å². The maximum absolute atomic E-state index is 12.3. The van der Waals surface area contributed by atoms with Crippen LogP contribution in [0.1, 0.15) is 22.5 Å². The molecule has 0 atom stereocenters. The summed E-state index contributed by atoms with van der Waals surface area (Å²) in [5.41, 5.74) is -1.92. The van der Waals surface area contributed by atoms with Crippen LogP contribution in [0.2, 0.25) is 0 Å². The molecule has 1 aromatic rings. The Labute approximate surface area is 90.2 Å². The number of nitrogens with one attached hydrogen (secondary N) is 1. The summed E-state index contributed by atoms with van der Waals surface area (Å²) in [4.78, 5) is 23.5. The fourth-order valence-corrected chi connectivity index (χ4v) is 1.83. The second-order valence-corrected chi connectivity index (χ2v) is 3.54. The Morgan fingerprint density at radius 3 is 2.57 bits per heavy atom. The Hall–Kier alpha value is -0.750. The summed E-state index contributed by atoms with van der Waals surface area (Å²) >= 11 is 7.89. The van der Waals surface area contributed by atoms with Crippen molar-refractivity contribution in [1.29, 1.82) is 0 Å². The van der Waals surface area contributed by atoms with Crippen LogP contribution in [0.15, 0.2) is 15.3 Å². The topological polar surface area (TPSA) is 49.9 Å². The molecule has 0 spiro atoms. The lowest BCUT2D eigenvalue weighted by Gasteiger charge is -2.05. The van der Waals surface area contributed by atoms with Crippen molar-refractivity contribution in [2.45, 2.75) is 6.43 Å². The first-order chi connectivity index (χ1) is 6.43. The molecule has 0 aliphatic heterocycles. The van der Waals surface area contributed by atoms with Crippen LogP contribution in [0.5, 0.6) is 0 Å². The number of alkyl halides is 2. The monoisotopic (exact) mass is 285 g/mol. The predicted octanol–water partition coefficient (Wildman–Crippen LogP) is 2.45. The highest BCUT2D eigenvalue weighted by molar-refractivity contribution is 9.10. The standard InChI is InChI=1S/C7H3BrClF2NO2/c8-2-1-3(13)12-5(7(10)11)4(2)6(9)14/h1,7H,(H,12,13). The minimum Gasteiger partial charge on any atom is -0.320 e. The smallest absolute Gasteiger partial charge is 0.279 e. The van der Waals surface area contributed by atoms with E-state index in [0.717, 1.165) is 6.07 Å². The van der Waals surface area contributed by atoms with Crippen LogP contribution in [0.4, 0.5) is 8.78 Å². The molecular weight excluding hydrogens is 283 g/mol. The number of hydrogen-bond donors (Lipinski definition) is 1. The maximum Gasteiger partial charge on any atom is 0.279 e. The van der Waals surface area contributed by atoms with Crippen molar-refractivity contribution in [3.63, 3.8) is 0 Å². The fourth-order valence-electron chi connectivity index (χ4n) is 0.911. The maximum atomic E-state index is 12.3. The lowest BCUT2D eigenvalue weighted by Crippen LogP contribution is -2.13. The van der Waals surface area contributed by atoms with Crippen molar-refractivity contribution >= 4 is 32.8 Å². The van der Waals surface area contributed by atoms with Gasteiger partial charge in [0.1, 0.15) is 0 Å². The molecule has 1 rings (SSSR count). The van der Waals surface area contributed by atoms with E-state index in [9.17, 15) is 18.4 Å². The Morgan fingerprint density at radius 2 is 2.14 bits per heavy atom. The van der Waals surface area contributed by atoms with Crippen LogP contribution in [0.25, 0.3) is 0 Å². The molecule has 0 aromatic carbocycles. The van der Waals surface area contributed by atoms with Crippen LogP contribution >= 0.6 is 27.5 Å². The SMILES string of the molecule is O=C(Cl)c1c(Br)cc(=O)[nH]c1C(F)F. The van der Waals surface area contributed by atoms with Crippen molar-refractivity contribution in [3.05, 3.63) is 32.2 Å². The van der Waals surface area contributed by atoms with Crippen molar-refractivity contribution in [2.75, 3.05) is 0 Å². The minimum absolute atomic E-state index is 0.0449. The molecule has 0 aliphatic carbocycles. The van der Waals surface area contributed by atoms with Crippen molar-refractivity contribution in [3.8, 4) is 0 Å². The number of hydrogen-bond acceptors (Lipinski definition) is 2. The van der Waals surface area contributed by atoms with Gasteiger partial charge in [0, 0.05) is 10.5 Å². The average Bonchev–Trinajstić information content (AvgIpc) is 2.01. The molecule has 1 N–H and O–H groups in total. The first-order valence-corrected chi connectivity index (χ1v) is 4.51. The van der Waals surface area contributed by atoms with E-state index in [4.69, 9.17) is 11.6 Å². The average molecular weight is 286 g/mol. The Morgan fingerprint density at radius 1 is 1.57 bits per heavy atom. The molecule has 1 heterocycles. The number of rotatable bonds is 2. The van der Waals surface area contributed by atoms with E-state index >= 15 is 0 Å². The summed E-state index contributed by atoms with van der Waals surface area (Å²) in [7, 11) is 0. The van der Waals surface area contributed by atoms with Crippen molar-refractivity contribution < 1.29 is 13.6 Å². The molecular formula is C7H3BrClF2NO2. The van der Waals surface area contributed by atoms with Crippen LogP contribution in [-0.2, 0) is 0 Å². The Kier molecular flexibility index (Phi) is 3.38. The van der Waals surface area contributed by atoms with Crippen LogP contribution in [-0.4, -0.2) is 10.2 Å². The molecule has 76 valence electrons. The molecule has 3 nitrogen and oxygen atoms in total. The van der Waals surface area contributed by atoms with Crippen LogP contribution < -0.4 is 5.56 Å². The van der Waals surface area contributed by atoms with Crippen molar-refractivity contribution in [1.82, 2.24) is 4.98 Å². The Bertz CT molecular complexity index is 432. The second-order valence-electron chi connectivity index (χ2n) is 2.34. The molecule has 0 unspecified atom stereocenters. The zero-order chi connectivity index (χ0) is 10.9. The molecule has 7 heteroatoms. The van der Waals surface area contributed by atoms with E-state index in [1.165, 1.54) is 0 Å². The molecule has 0 bridgehead atoms. The normalized spacial score (nSPS) is 10.6. The van der Waals surface area contributed by atoms with Crippen LogP contribution in [0.3, 0.4) is 0 Å². The number of aromatic nitrogens is 1. The van der Waals surface area contributed by atoms with E-state index in [0.29, 0.717) is 0 Å². The van der Waals surface area contributed by atoms with Gasteiger partial charge in [-0.3, -0.25) is 9.59 Å². The zero-order valence-corrected chi connectivity index (χ0v) is 8.82. The van der Waals surface area contributed by atoms with E-state index < -0.39 is 28.5 Å². The Balaban J connectivity index is 3.52. The summed E-state index contributed by atoms with van der Waals surface area (Å²) in [6.45, 7) is 0. The predicted molar refractivity (Wildman–Crippen MR) is 49.9 cm³/mol. The van der Waals surface area contributed by atoms with Gasteiger partial charge < -0.3 is 4.98 Å². The molecule has 14 heavy (non-hydrogen) atoms. The number of H-pyrrole nitrogens is 1. The van der Waals surface area contributed by atoms with E-state index in [1.807, 2.05) is 4.98 Å². The number of halogens is 4. The number of carbonyl (C=O) groups excluding carboxylic acids is 1. The molecule has 0 aliphatic rings. The molecule has 1 aromatic heterocycles. The molecule has 0 radical (unpaired) electrons. The highest BCUT2D eigenvalue weighted by Gasteiger charge is 2.21. The highest BCUT2D eigenvalue weighted by Crippen LogP contribution is 2.26. The lowest BCUT2D eigenvalue weighted by atomic mass is 10.2. The third-order valence-corrected chi connectivity index (χ3v) is 2.25. The van der Waals surface area contributed by atoms with Gasteiger partial charge in [-0.2, -0.15) is 0 Å². The summed E-state index contributed by atoms with van der Waals surface area (Å²) in [5, 5.41) is -1.05. The summed E-state index contributed by atoms with van der Waals surface area (Å²) < 4.78 is 24.6. The minimum atomic E-state index is -2.96. The molecule has 0 fully saturated rings. The van der Waals surface area contributed by atoms with Crippen LogP contribution in [0, 0.1) is 0 Å². The van der Waals surface area contributed by atoms with Gasteiger partial charge in [-0.25, -0.2) is 8.78 Å². The van der Waals surface area contributed by atoms with Gasteiger partial charge in [0.2, 0.25) is 5.56 Å². The third-order valence-electron chi connectivity index (χ3n) is 1.44. The van der Waals surface area contributed by atoms with Gasteiger partial charge >= 0.3 is 0 Å². The molecule has 0 saturated carbocycles. The fraction of sp³-hybridized carbons (Fsp3) is 0.143. The van der Waals surface area contributed by atoms with Gasteiger partial charge in [0.15, 0.2) is 0 Å². The first-order valence-electron chi connectivity index (χ1n) is 3.34. The summed E-state index contributed by atoms with van der Waals surface area (Å²) in [5.74, 6) is 0. The quantitative estimate of drug-likeness (QED) is 0.849. The summed E-state index contributed by atoms with van der Waals surface area (Å²) in [6.07, 6.45) is -2.96. The van der Waals surface area contributed by atoms with Gasteiger partial charge in [-0.05, 0) is 27.5 Å². The summed E-state index contributed by atoms with van der Waals surface area (Å²) in [6, 6.07) is 0.960. The van der Waals surface area contributed by atoms with E-state index in [-0.39, 0.29) is 4.47 Å². The second kappa shape index (κ2) is 4.18. The van der Waals surface area contributed by atoms with E-state index in [2.05, 4.69) is 15.9 Å². The number of aromatic amines is 1. The zero-order valence-electron chi connectivity index (χ0n) is 6.48.